The Hall–Kier alpha value is -0.0800. The van der Waals surface area contributed by atoms with Crippen LogP contribution in [0, 0.1) is 11.3 Å². The Balaban J connectivity index is 2.52. The molecular weight excluding hydrogens is 114 g/mol. The minimum atomic E-state index is -0.600. The first-order valence-corrected chi connectivity index (χ1v) is 3.53. The second-order valence-electron chi connectivity index (χ2n) is 3.33. The lowest BCUT2D eigenvalue weighted by molar-refractivity contribution is 0.0697. The minimum absolute atomic E-state index is 0.0833. The SMILES string of the molecule is CC(C)C1(C(N)O)CC1. The zero-order chi connectivity index (χ0) is 7.07. The van der Waals surface area contributed by atoms with Crippen LogP contribution in [0.5, 0.6) is 0 Å². The maximum absolute atomic E-state index is 9.09. The van der Waals surface area contributed by atoms with Gasteiger partial charge in [-0.2, -0.15) is 0 Å². The van der Waals surface area contributed by atoms with Crippen molar-refractivity contribution < 1.29 is 5.11 Å². The summed E-state index contributed by atoms with van der Waals surface area (Å²) >= 11 is 0. The van der Waals surface area contributed by atoms with Gasteiger partial charge in [0.2, 0.25) is 0 Å². The largest absolute Gasteiger partial charge is 0.378 e. The molecule has 2 nitrogen and oxygen atoms in total. The Morgan fingerprint density at radius 3 is 1.89 bits per heavy atom. The van der Waals surface area contributed by atoms with E-state index in [-0.39, 0.29) is 5.41 Å². The van der Waals surface area contributed by atoms with Crippen molar-refractivity contribution in [2.75, 3.05) is 0 Å². The fraction of sp³-hybridized carbons (Fsp3) is 1.00. The average Bonchev–Trinajstić information content (AvgIpc) is 2.40. The maximum Gasteiger partial charge on any atom is 0.108 e. The van der Waals surface area contributed by atoms with Crippen LogP contribution in [0.25, 0.3) is 0 Å². The molecule has 1 unspecified atom stereocenters. The Morgan fingerprint density at radius 2 is 1.89 bits per heavy atom. The summed E-state index contributed by atoms with van der Waals surface area (Å²) in [6.45, 7) is 4.23. The van der Waals surface area contributed by atoms with Gasteiger partial charge < -0.3 is 10.8 Å². The number of nitrogens with two attached hydrogens (primary N) is 1. The Morgan fingerprint density at radius 1 is 1.44 bits per heavy atom. The average molecular weight is 129 g/mol. The summed E-state index contributed by atoms with van der Waals surface area (Å²) in [5, 5.41) is 9.09. The van der Waals surface area contributed by atoms with Gasteiger partial charge in [0.25, 0.3) is 0 Å². The highest BCUT2D eigenvalue weighted by Crippen LogP contribution is 2.53. The molecular formula is C7H15NO. The van der Waals surface area contributed by atoms with Crippen LogP contribution in [0.1, 0.15) is 26.7 Å². The Labute approximate surface area is 56.1 Å². The molecule has 0 saturated heterocycles. The molecule has 0 aromatic rings. The topological polar surface area (TPSA) is 46.2 Å². The van der Waals surface area contributed by atoms with Gasteiger partial charge >= 0.3 is 0 Å². The van der Waals surface area contributed by atoms with Crippen molar-refractivity contribution in [1.82, 2.24) is 0 Å². The van der Waals surface area contributed by atoms with Crippen molar-refractivity contribution in [3.05, 3.63) is 0 Å². The van der Waals surface area contributed by atoms with E-state index in [1.807, 2.05) is 0 Å². The molecule has 0 bridgehead atoms. The molecule has 1 saturated carbocycles. The second kappa shape index (κ2) is 1.96. The highest BCUT2D eigenvalue weighted by atomic mass is 16.3. The van der Waals surface area contributed by atoms with Gasteiger partial charge in [-0.15, -0.1) is 0 Å². The minimum Gasteiger partial charge on any atom is -0.378 e. The van der Waals surface area contributed by atoms with Crippen LogP contribution in [0.15, 0.2) is 0 Å². The summed E-state index contributed by atoms with van der Waals surface area (Å²) in [6, 6.07) is 0. The normalized spacial score (nSPS) is 26.3. The smallest absolute Gasteiger partial charge is 0.108 e. The van der Waals surface area contributed by atoms with Crippen molar-refractivity contribution in [3.63, 3.8) is 0 Å². The third-order valence-corrected chi connectivity index (χ3v) is 2.57. The van der Waals surface area contributed by atoms with Gasteiger partial charge in [-0.3, -0.25) is 0 Å². The van der Waals surface area contributed by atoms with Crippen molar-refractivity contribution in [1.29, 1.82) is 0 Å². The fourth-order valence-electron chi connectivity index (χ4n) is 1.36. The number of rotatable bonds is 2. The zero-order valence-electron chi connectivity index (χ0n) is 6.09. The first-order valence-electron chi connectivity index (χ1n) is 3.53. The van der Waals surface area contributed by atoms with E-state index in [0.29, 0.717) is 5.92 Å². The van der Waals surface area contributed by atoms with Crippen LogP contribution in [0.4, 0.5) is 0 Å². The predicted molar refractivity (Wildman–Crippen MR) is 36.7 cm³/mol. The molecule has 0 aromatic heterocycles. The lowest BCUT2D eigenvalue weighted by Gasteiger charge is -2.21. The molecule has 0 amide bonds. The van der Waals surface area contributed by atoms with Gasteiger partial charge in [-0.25, -0.2) is 0 Å². The molecule has 1 aliphatic carbocycles. The molecule has 0 aromatic carbocycles. The second-order valence-corrected chi connectivity index (χ2v) is 3.33. The van der Waals surface area contributed by atoms with Crippen LogP contribution in [0.2, 0.25) is 0 Å². The molecule has 0 spiro atoms. The van der Waals surface area contributed by atoms with Gasteiger partial charge in [0.1, 0.15) is 6.23 Å². The van der Waals surface area contributed by atoms with E-state index < -0.39 is 6.23 Å². The summed E-state index contributed by atoms with van der Waals surface area (Å²) in [5.74, 6) is 0.525. The number of hydrogen-bond donors (Lipinski definition) is 2. The van der Waals surface area contributed by atoms with Crippen LogP contribution < -0.4 is 5.73 Å². The van der Waals surface area contributed by atoms with E-state index in [2.05, 4.69) is 13.8 Å². The molecule has 9 heavy (non-hydrogen) atoms. The fourth-order valence-corrected chi connectivity index (χ4v) is 1.36. The third kappa shape index (κ3) is 0.970. The van der Waals surface area contributed by atoms with Crippen molar-refractivity contribution >= 4 is 0 Å². The number of aliphatic hydroxyl groups is 1. The molecule has 1 aliphatic rings. The molecule has 0 radical (unpaired) electrons. The summed E-state index contributed by atoms with van der Waals surface area (Å²) in [4.78, 5) is 0. The maximum atomic E-state index is 9.09. The number of aliphatic hydroxyl groups excluding tert-OH is 1. The molecule has 1 atom stereocenters. The van der Waals surface area contributed by atoms with Gasteiger partial charge in [-0.05, 0) is 18.8 Å². The molecule has 1 fully saturated rings. The van der Waals surface area contributed by atoms with Gasteiger partial charge in [0.05, 0.1) is 0 Å². The van der Waals surface area contributed by atoms with E-state index in [9.17, 15) is 0 Å². The highest BCUT2D eigenvalue weighted by Gasteiger charge is 2.49. The predicted octanol–water partition coefficient (Wildman–Crippen LogP) is 0.700. The zero-order valence-corrected chi connectivity index (χ0v) is 6.09. The van der Waals surface area contributed by atoms with Crippen molar-refractivity contribution in [2.24, 2.45) is 17.1 Å². The van der Waals surface area contributed by atoms with E-state index >= 15 is 0 Å². The monoisotopic (exact) mass is 129 g/mol. The summed E-state index contributed by atoms with van der Waals surface area (Å²) in [5.41, 5.74) is 5.47. The Kier molecular flexibility index (Phi) is 1.53. The van der Waals surface area contributed by atoms with Crippen LogP contribution in [0.3, 0.4) is 0 Å². The van der Waals surface area contributed by atoms with Gasteiger partial charge in [-0.1, -0.05) is 13.8 Å². The van der Waals surface area contributed by atoms with E-state index in [0.717, 1.165) is 12.8 Å². The van der Waals surface area contributed by atoms with Gasteiger partial charge in [0, 0.05) is 5.41 Å². The van der Waals surface area contributed by atoms with E-state index in [1.165, 1.54) is 0 Å². The number of hydrogen-bond acceptors (Lipinski definition) is 2. The van der Waals surface area contributed by atoms with Gasteiger partial charge in [0.15, 0.2) is 0 Å². The first-order chi connectivity index (χ1) is 4.09. The lowest BCUT2D eigenvalue weighted by atomic mass is 9.91. The molecule has 0 heterocycles. The van der Waals surface area contributed by atoms with E-state index in [1.54, 1.807) is 0 Å². The molecule has 54 valence electrons. The summed E-state index contributed by atoms with van der Waals surface area (Å²) < 4.78 is 0. The van der Waals surface area contributed by atoms with Crippen molar-refractivity contribution in [2.45, 2.75) is 32.9 Å². The molecule has 2 heteroatoms. The standard InChI is InChI=1S/C7H15NO/c1-5(2)7(3-4-7)6(8)9/h5-6,9H,3-4,8H2,1-2H3. The van der Waals surface area contributed by atoms with Crippen molar-refractivity contribution in [3.8, 4) is 0 Å². The third-order valence-electron chi connectivity index (χ3n) is 2.57. The first kappa shape index (κ1) is 7.03. The molecule has 0 aliphatic heterocycles. The van der Waals surface area contributed by atoms with Crippen LogP contribution in [-0.2, 0) is 0 Å². The van der Waals surface area contributed by atoms with E-state index in [4.69, 9.17) is 10.8 Å². The Bertz CT molecular complexity index is 95.5. The lowest BCUT2D eigenvalue weighted by Crippen LogP contribution is -2.34. The highest BCUT2D eigenvalue weighted by molar-refractivity contribution is 4.98. The van der Waals surface area contributed by atoms with Crippen LogP contribution in [-0.4, -0.2) is 11.3 Å². The van der Waals surface area contributed by atoms with Crippen LogP contribution >= 0.6 is 0 Å². The quantitative estimate of drug-likeness (QED) is 0.539. The summed E-state index contributed by atoms with van der Waals surface area (Å²) in [7, 11) is 0. The molecule has 1 rings (SSSR count). The molecule has 3 N–H and O–H groups in total. The summed E-state index contributed by atoms with van der Waals surface area (Å²) in [6.07, 6.45) is 1.60.